The van der Waals surface area contributed by atoms with Crippen molar-refractivity contribution in [2.75, 3.05) is 0 Å². The van der Waals surface area contributed by atoms with Crippen molar-refractivity contribution in [2.24, 2.45) is 0 Å². The van der Waals surface area contributed by atoms with Crippen molar-refractivity contribution < 1.29 is 9.90 Å². The lowest BCUT2D eigenvalue weighted by Crippen LogP contribution is -2.09. The van der Waals surface area contributed by atoms with Crippen molar-refractivity contribution in [1.82, 2.24) is 0 Å². The molecule has 11 heavy (non-hydrogen) atoms. The van der Waals surface area contributed by atoms with Crippen molar-refractivity contribution in [3.8, 4) is 5.75 Å². The molecule has 0 aliphatic rings. The van der Waals surface area contributed by atoms with Crippen LogP contribution in [-0.4, -0.2) is 19.2 Å². The summed E-state index contributed by atoms with van der Waals surface area (Å²) in [4.78, 5) is 10.4. The number of hydrogen-bond acceptors (Lipinski definition) is 2. The normalized spacial score (nSPS) is 9.55. The minimum atomic E-state index is -0.0216. The van der Waals surface area contributed by atoms with Gasteiger partial charge in [0, 0.05) is 0 Å². The van der Waals surface area contributed by atoms with E-state index in [0.29, 0.717) is 17.3 Å². The maximum absolute atomic E-state index is 10.4. The SMILES string of the molecule is [B]c1ccc(O)c(C=O)c1C. The van der Waals surface area contributed by atoms with Gasteiger partial charge >= 0.3 is 0 Å². The summed E-state index contributed by atoms with van der Waals surface area (Å²) in [5.41, 5.74) is 1.41. The van der Waals surface area contributed by atoms with Crippen LogP contribution in [0.25, 0.3) is 0 Å². The van der Waals surface area contributed by atoms with Crippen molar-refractivity contribution >= 4 is 19.6 Å². The summed E-state index contributed by atoms with van der Waals surface area (Å²) in [7, 11) is 5.50. The van der Waals surface area contributed by atoms with Gasteiger partial charge in [0.25, 0.3) is 0 Å². The van der Waals surface area contributed by atoms with Crippen LogP contribution in [0.2, 0.25) is 0 Å². The molecule has 1 aromatic carbocycles. The fourth-order valence-corrected chi connectivity index (χ4v) is 0.880. The van der Waals surface area contributed by atoms with Crippen LogP contribution in [0.3, 0.4) is 0 Å². The van der Waals surface area contributed by atoms with Gasteiger partial charge < -0.3 is 5.11 Å². The molecule has 0 unspecified atom stereocenters. The van der Waals surface area contributed by atoms with Crippen LogP contribution in [0.4, 0.5) is 0 Å². The van der Waals surface area contributed by atoms with Crippen LogP contribution < -0.4 is 5.46 Å². The zero-order chi connectivity index (χ0) is 8.43. The van der Waals surface area contributed by atoms with Gasteiger partial charge in [-0.1, -0.05) is 11.5 Å². The number of carbonyl (C=O) groups excluding carboxylic acids is 1. The molecule has 0 aliphatic carbocycles. The quantitative estimate of drug-likeness (QED) is 0.457. The molecule has 2 nitrogen and oxygen atoms in total. The first-order chi connectivity index (χ1) is 5.16. The first kappa shape index (κ1) is 7.86. The largest absolute Gasteiger partial charge is 0.507 e. The number of phenolic OH excluding ortho intramolecular Hbond substituents is 1. The van der Waals surface area contributed by atoms with Gasteiger partial charge in [-0.15, -0.1) is 0 Å². The van der Waals surface area contributed by atoms with Gasteiger partial charge in [0.05, 0.1) is 5.56 Å². The standard InChI is InChI=1S/C8H7BO2/c1-5-6(4-10)8(11)3-2-7(5)9/h2-4,11H,1H3. The molecule has 0 bridgehead atoms. The molecule has 0 fully saturated rings. The van der Waals surface area contributed by atoms with Crippen molar-refractivity contribution in [2.45, 2.75) is 6.92 Å². The van der Waals surface area contributed by atoms with Crippen LogP contribution in [0, 0.1) is 6.92 Å². The highest BCUT2D eigenvalue weighted by Gasteiger charge is 2.04. The molecule has 2 radical (unpaired) electrons. The topological polar surface area (TPSA) is 37.3 Å². The van der Waals surface area contributed by atoms with E-state index >= 15 is 0 Å². The molecule has 0 heterocycles. The highest BCUT2D eigenvalue weighted by molar-refractivity contribution is 6.33. The molecule has 0 amide bonds. The van der Waals surface area contributed by atoms with Crippen LogP contribution in [0.5, 0.6) is 5.75 Å². The molecule has 1 N–H and O–H groups in total. The number of phenols is 1. The number of aromatic hydroxyl groups is 1. The van der Waals surface area contributed by atoms with Crippen molar-refractivity contribution in [1.29, 1.82) is 0 Å². The van der Waals surface area contributed by atoms with Crippen LogP contribution in [0.15, 0.2) is 12.1 Å². The molecular formula is C8H7BO2. The second-order valence-corrected chi connectivity index (χ2v) is 2.33. The third kappa shape index (κ3) is 1.27. The van der Waals surface area contributed by atoms with E-state index in [9.17, 15) is 4.79 Å². The van der Waals surface area contributed by atoms with Crippen LogP contribution in [-0.2, 0) is 0 Å². The van der Waals surface area contributed by atoms with Gasteiger partial charge in [0.15, 0.2) is 6.29 Å². The average Bonchev–Trinajstić information content (AvgIpc) is 1.99. The molecule has 3 heteroatoms. The summed E-state index contributed by atoms with van der Waals surface area (Å²) in [6, 6.07) is 2.98. The Labute approximate surface area is 66.3 Å². The van der Waals surface area contributed by atoms with Gasteiger partial charge in [0.1, 0.15) is 13.6 Å². The Hall–Kier alpha value is -1.25. The lowest BCUT2D eigenvalue weighted by atomic mass is 9.88. The zero-order valence-electron chi connectivity index (χ0n) is 6.16. The van der Waals surface area contributed by atoms with E-state index in [1.54, 1.807) is 13.0 Å². The minimum absolute atomic E-state index is 0.0216. The predicted octanol–water partition coefficient (Wildman–Crippen LogP) is 0.307. The fourth-order valence-electron chi connectivity index (χ4n) is 0.880. The molecule has 1 aromatic rings. The second-order valence-electron chi connectivity index (χ2n) is 2.33. The maximum atomic E-state index is 10.4. The average molecular weight is 146 g/mol. The summed E-state index contributed by atoms with van der Waals surface area (Å²) >= 11 is 0. The number of aldehydes is 1. The number of benzene rings is 1. The first-order valence-corrected chi connectivity index (χ1v) is 3.20. The van der Waals surface area contributed by atoms with Gasteiger partial charge in [-0.3, -0.25) is 4.79 Å². The van der Waals surface area contributed by atoms with E-state index in [1.165, 1.54) is 6.07 Å². The maximum Gasteiger partial charge on any atom is 0.154 e. The summed E-state index contributed by atoms with van der Waals surface area (Å²) < 4.78 is 0. The third-order valence-electron chi connectivity index (χ3n) is 1.65. The molecule has 0 aliphatic heterocycles. The van der Waals surface area contributed by atoms with Gasteiger partial charge in [-0.05, 0) is 18.6 Å². The lowest BCUT2D eigenvalue weighted by Gasteiger charge is -2.04. The van der Waals surface area contributed by atoms with Gasteiger partial charge in [-0.2, -0.15) is 0 Å². The molecule has 0 atom stereocenters. The highest BCUT2D eigenvalue weighted by Crippen LogP contribution is 2.15. The Bertz CT molecular complexity index is 294. The lowest BCUT2D eigenvalue weighted by molar-refractivity contribution is 0.112. The molecule has 0 aromatic heterocycles. The van der Waals surface area contributed by atoms with Crippen molar-refractivity contribution in [3.05, 3.63) is 23.3 Å². The summed E-state index contributed by atoms with van der Waals surface area (Å²) in [6.45, 7) is 1.69. The van der Waals surface area contributed by atoms with E-state index < -0.39 is 0 Å². The summed E-state index contributed by atoms with van der Waals surface area (Å²) in [5, 5.41) is 9.13. The Morgan fingerprint density at radius 2 is 2.18 bits per heavy atom. The Balaban J connectivity index is 3.40. The molecule has 54 valence electrons. The fraction of sp³-hybridized carbons (Fsp3) is 0.125. The minimum Gasteiger partial charge on any atom is -0.507 e. The number of rotatable bonds is 1. The molecule has 0 spiro atoms. The van der Waals surface area contributed by atoms with Crippen LogP contribution >= 0.6 is 0 Å². The Morgan fingerprint density at radius 1 is 1.55 bits per heavy atom. The smallest absolute Gasteiger partial charge is 0.154 e. The van der Waals surface area contributed by atoms with E-state index in [-0.39, 0.29) is 11.3 Å². The van der Waals surface area contributed by atoms with E-state index in [4.69, 9.17) is 13.0 Å². The molecule has 0 saturated carbocycles. The van der Waals surface area contributed by atoms with E-state index in [1.807, 2.05) is 0 Å². The number of carbonyl (C=O) groups is 1. The number of hydrogen-bond donors (Lipinski definition) is 1. The monoisotopic (exact) mass is 146 g/mol. The molecule has 0 saturated heterocycles. The van der Waals surface area contributed by atoms with Gasteiger partial charge in [0.2, 0.25) is 0 Å². The first-order valence-electron chi connectivity index (χ1n) is 3.20. The van der Waals surface area contributed by atoms with E-state index in [0.717, 1.165) is 0 Å². The molecule has 1 rings (SSSR count). The summed E-state index contributed by atoms with van der Waals surface area (Å²) in [5.74, 6) is -0.0216. The third-order valence-corrected chi connectivity index (χ3v) is 1.65. The highest BCUT2D eigenvalue weighted by atomic mass is 16.3. The van der Waals surface area contributed by atoms with Crippen molar-refractivity contribution in [3.63, 3.8) is 0 Å². The summed E-state index contributed by atoms with van der Waals surface area (Å²) in [6.07, 6.45) is 0.598. The van der Waals surface area contributed by atoms with Gasteiger partial charge in [-0.25, -0.2) is 0 Å². The Kier molecular flexibility index (Phi) is 1.99. The predicted molar refractivity (Wildman–Crippen MR) is 43.6 cm³/mol. The second kappa shape index (κ2) is 2.78. The Morgan fingerprint density at radius 3 is 2.64 bits per heavy atom. The zero-order valence-corrected chi connectivity index (χ0v) is 6.16. The van der Waals surface area contributed by atoms with Crippen LogP contribution in [0.1, 0.15) is 15.9 Å². The van der Waals surface area contributed by atoms with E-state index in [2.05, 4.69) is 0 Å². The molecular weight excluding hydrogens is 139 g/mol.